The molecule has 0 fully saturated rings. The topological polar surface area (TPSA) is 72.5 Å². The Morgan fingerprint density at radius 2 is 1.65 bits per heavy atom. The predicted molar refractivity (Wildman–Crippen MR) is 83.0 cm³/mol. The molecule has 2 rings (SSSR count). The number of sulfonamides is 1. The first-order valence-corrected chi connectivity index (χ1v) is 8.32. The molecule has 0 aliphatic carbocycles. The lowest BCUT2D eigenvalue weighted by Crippen LogP contribution is -2.39. The Hall–Kier alpha value is -2.41. The predicted octanol–water partition coefficient (Wildman–Crippen LogP) is 2.41. The number of nitrogens with one attached hydrogen (secondary N) is 1. The summed E-state index contributed by atoms with van der Waals surface area (Å²) in [7, 11) is -4.07. The van der Waals surface area contributed by atoms with Gasteiger partial charge in [0.25, 0.3) is 15.9 Å². The molecular weight excluding hydrogens is 321 g/mol. The smallest absolute Gasteiger partial charge is 0.274 e. The zero-order valence-corrected chi connectivity index (χ0v) is 13.4. The van der Waals surface area contributed by atoms with Crippen molar-refractivity contribution >= 4 is 15.9 Å². The summed E-state index contributed by atoms with van der Waals surface area (Å²) in [5.74, 6) is -0.918. The van der Waals surface area contributed by atoms with E-state index in [1.807, 2.05) is 23.8 Å². The SMILES string of the molecule is Cc1ccc(OC(C)C(=O)NS(=O)(=O)c2ccc(F)cc2)cc1. The molecule has 23 heavy (non-hydrogen) atoms. The van der Waals surface area contributed by atoms with Crippen molar-refractivity contribution in [2.75, 3.05) is 0 Å². The first kappa shape index (κ1) is 17.0. The van der Waals surface area contributed by atoms with Crippen molar-refractivity contribution in [3.8, 4) is 5.75 Å². The maximum absolute atomic E-state index is 12.8. The first-order chi connectivity index (χ1) is 10.8. The highest BCUT2D eigenvalue weighted by atomic mass is 32.2. The van der Waals surface area contributed by atoms with Crippen molar-refractivity contribution < 1.29 is 22.3 Å². The number of hydrogen-bond acceptors (Lipinski definition) is 4. The molecular formula is C16H16FNO4S. The van der Waals surface area contributed by atoms with Crippen LogP contribution in [0, 0.1) is 12.7 Å². The number of halogens is 1. The Morgan fingerprint density at radius 3 is 2.22 bits per heavy atom. The minimum Gasteiger partial charge on any atom is -0.481 e. The molecule has 1 N–H and O–H groups in total. The van der Waals surface area contributed by atoms with Crippen LogP contribution in [0.4, 0.5) is 4.39 Å². The van der Waals surface area contributed by atoms with Crippen molar-refractivity contribution in [3.63, 3.8) is 0 Å². The third-order valence-corrected chi connectivity index (χ3v) is 4.42. The van der Waals surface area contributed by atoms with E-state index in [0.29, 0.717) is 5.75 Å². The molecule has 0 saturated carbocycles. The molecule has 122 valence electrons. The Balaban J connectivity index is 2.05. The van der Waals surface area contributed by atoms with E-state index in [9.17, 15) is 17.6 Å². The van der Waals surface area contributed by atoms with Gasteiger partial charge in [0.2, 0.25) is 0 Å². The highest BCUT2D eigenvalue weighted by Gasteiger charge is 2.22. The molecule has 0 saturated heterocycles. The average Bonchev–Trinajstić information content (AvgIpc) is 2.49. The van der Waals surface area contributed by atoms with Crippen LogP contribution in [0.2, 0.25) is 0 Å². The molecule has 1 unspecified atom stereocenters. The summed E-state index contributed by atoms with van der Waals surface area (Å²) in [5.41, 5.74) is 1.04. The maximum atomic E-state index is 12.8. The second kappa shape index (κ2) is 6.78. The van der Waals surface area contributed by atoms with Crippen LogP contribution in [0.15, 0.2) is 53.4 Å². The van der Waals surface area contributed by atoms with Gasteiger partial charge in [0.1, 0.15) is 11.6 Å². The molecule has 0 heterocycles. The number of benzene rings is 2. The van der Waals surface area contributed by atoms with E-state index in [4.69, 9.17) is 4.74 Å². The monoisotopic (exact) mass is 337 g/mol. The van der Waals surface area contributed by atoms with Gasteiger partial charge in [-0.1, -0.05) is 17.7 Å². The number of carbonyl (C=O) groups excluding carboxylic acids is 1. The van der Waals surface area contributed by atoms with Crippen LogP contribution in [0.1, 0.15) is 12.5 Å². The number of hydrogen-bond donors (Lipinski definition) is 1. The van der Waals surface area contributed by atoms with Crippen LogP contribution in [0.5, 0.6) is 5.75 Å². The molecule has 2 aromatic carbocycles. The number of carbonyl (C=O) groups is 1. The highest BCUT2D eigenvalue weighted by molar-refractivity contribution is 7.90. The molecule has 0 aromatic heterocycles. The largest absolute Gasteiger partial charge is 0.481 e. The van der Waals surface area contributed by atoms with Crippen molar-refractivity contribution in [2.24, 2.45) is 0 Å². The van der Waals surface area contributed by atoms with E-state index < -0.39 is 27.9 Å². The third-order valence-electron chi connectivity index (χ3n) is 3.06. The minimum absolute atomic E-state index is 0.199. The lowest BCUT2D eigenvalue weighted by molar-refractivity contribution is -0.125. The van der Waals surface area contributed by atoms with Crippen LogP contribution in [-0.4, -0.2) is 20.4 Å². The van der Waals surface area contributed by atoms with Crippen LogP contribution in [0.3, 0.4) is 0 Å². The summed E-state index contributed by atoms with van der Waals surface area (Å²) >= 11 is 0. The Kier molecular flexibility index (Phi) is 5.00. The molecule has 0 aliphatic rings. The second-order valence-electron chi connectivity index (χ2n) is 5.00. The Bertz CT molecular complexity index is 786. The molecule has 5 nitrogen and oxygen atoms in total. The van der Waals surface area contributed by atoms with Crippen LogP contribution in [-0.2, 0) is 14.8 Å². The summed E-state index contributed by atoms with van der Waals surface area (Å²) in [6.45, 7) is 3.35. The summed E-state index contributed by atoms with van der Waals surface area (Å²) in [6, 6.07) is 11.2. The second-order valence-corrected chi connectivity index (χ2v) is 6.68. The average molecular weight is 337 g/mol. The van der Waals surface area contributed by atoms with Crippen molar-refractivity contribution in [2.45, 2.75) is 24.8 Å². The van der Waals surface area contributed by atoms with Crippen LogP contribution in [0.25, 0.3) is 0 Å². The van der Waals surface area contributed by atoms with E-state index in [0.717, 1.165) is 29.8 Å². The number of rotatable bonds is 5. The van der Waals surface area contributed by atoms with Gasteiger partial charge in [-0.05, 0) is 50.2 Å². The van der Waals surface area contributed by atoms with Crippen LogP contribution >= 0.6 is 0 Å². The summed E-state index contributed by atoms with van der Waals surface area (Å²) in [4.78, 5) is 11.8. The van der Waals surface area contributed by atoms with Crippen molar-refractivity contribution in [1.29, 1.82) is 0 Å². The van der Waals surface area contributed by atoms with E-state index in [1.54, 1.807) is 12.1 Å². The Morgan fingerprint density at radius 1 is 1.09 bits per heavy atom. The fourth-order valence-electron chi connectivity index (χ4n) is 1.76. The van der Waals surface area contributed by atoms with Gasteiger partial charge in [-0.2, -0.15) is 0 Å². The maximum Gasteiger partial charge on any atom is 0.274 e. The van der Waals surface area contributed by atoms with Gasteiger partial charge in [0.15, 0.2) is 6.10 Å². The molecule has 1 amide bonds. The van der Waals surface area contributed by atoms with Gasteiger partial charge < -0.3 is 4.74 Å². The Labute approximate surface area is 134 Å². The molecule has 1 atom stereocenters. The highest BCUT2D eigenvalue weighted by Crippen LogP contribution is 2.14. The van der Waals surface area contributed by atoms with Crippen molar-refractivity contribution in [3.05, 3.63) is 59.9 Å². The van der Waals surface area contributed by atoms with E-state index in [1.165, 1.54) is 6.92 Å². The lowest BCUT2D eigenvalue weighted by Gasteiger charge is -2.15. The van der Waals surface area contributed by atoms with E-state index in [-0.39, 0.29) is 4.90 Å². The number of aryl methyl sites for hydroxylation is 1. The van der Waals surface area contributed by atoms with E-state index in [2.05, 4.69) is 0 Å². The summed E-state index contributed by atoms with van der Waals surface area (Å²) in [6.07, 6.45) is -1.01. The molecule has 0 bridgehead atoms. The van der Waals surface area contributed by atoms with Crippen LogP contribution < -0.4 is 9.46 Å². The molecule has 0 spiro atoms. The fourth-order valence-corrected chi connectivity index (χ4v) is 2.81. The zero-order valence-electron chi connectivity index (χ0n) is 12.6. The summed E-state index contributed by atoms with van der Waals surface area (Å²) < 4.78 is 44.2. The quantitative estimate of drug-likeness (QED) is 0.909. The summed E-state index contributed by atoms with van der Waals surface area (Å²) in [5, 5.41) is 0. The fraction of sp³-hybridized carbons (Fsp3) is 0.188. The van der Waals surface area contributed by atoms with Gasteiger partial charge >= 0.3 is 0 Å². The van der Waals surface area contributed by atoms with E-state index >= 15 is 0 Å². The first-order valence-electron chi connectivity index (χ1n) is 6.83. The van der Waals surface area contributed by atoms with Gasteiger partial charge in [-0.25, -0.2) is 17.5 Å². The van der Waals surface area contributed by atoms with Gasteiger partial charge in [0, 0.05) is 0 Å². The number of ether oxygens (including phenoxy) is 1. The van der Waals surface area contributed by atoms with Crippen molar-refractivity contribution in [1.82, 2.24) is 4.72 Å². The third kappa shape index (κ3) is 4.53. The zero-order chi connectivity index (χ0) is 17.0. The molecule has 2 aromatic rings. The van der Waals surface area contributed by atoms with Gasteiger partial charge in [-0.3, -0.25) is 4.79 Å². The molecule has 0 radical (unpaired) electrons. The normalized spacial score (nSPS) is 12.5. The minimum atomic E-state index is -4.07. The standard InChI is InChI=1S/C16H16FNO4S/c1-11-3-7-14(8-4-11)22-12(2)16(19)18-23(20,21)15-9-5-13(17)6-10-15/h3-10,12H,1-2H3,(H,18,19). The van der Waals surface area contributed by atoms with Gasteiger partial charge in [0.05, 0.1) is 4.90 Å². The van der Waals surface area contributed by atoms with Gasteiger partial charge in [-0.15, -0.1) is 0 Å². The lowest BCUT2D eigenvalue weighted by atomic mass is 10.2. The number of amides is 1. The molecule has 0 aliphatic heterocycles. The molecule has 7 heteroatoms.